The second kappa shape index (κ2) is 7.00. The highest BCUT2D eigenvalue weighted by molar-refractivity contribution is 5.39. The fourth-order valence-electron chi connectivity index (χ4n) is 1.12. The second-order valence-electron chi connectivity index (χ2n) is 3.96. The van der Waals surface area contributed by atoms with E-state index < -0.39 is 0 Å². The Bertz CT molecular complexity index is 304. The van der Waals surface area contributed by atoms with Crippen molar-refractivity contribution in [1.29, 1.82) is 0 Å². The van der Waals surface area contributed by atoms with Gasteiger partial charge in [-0.15, -0.1) is 0 Å². The van der Waals surface area contributed by atoms with E-state index >= 15 is 0 Å². The van der Waals surface area contributed by atoms with Gasteiger partial charge in [-0.25, -0.2) is 4.98 Å². The number of aromatic nitrogens is 2. The van der Waals surface area contributed by atoms with Crippen molar-refractivity contribution in [2.75, 3.05) is 37.4 Å². The SMILES string of the molecule is COCCNc1nccc(NCC(C)C)n1. The van der Waals surface area contributed by atoms with Crippen molar-refractivity contribution in [3.63, 3.8) is 0 Å². The average molecular weight is 224 g/mol. The van der Waals surface area contributed by atoms with E-state index in [2.05, 4.69) is 34.4 Å². The lowest BCUT2D eigenvalue weighted by molar-refractivity contribution is 0.210. The van der Waals surface area contributed by atoms with Crippen LogP contribution in [0.3, 0.4) is 0 Å². The Morgan fingerprint density at radius 3 is 2.88 bits per heavy atom. The number of rotatable bonds is 7. The summed E-state index contributed by atoms with van der Waals surface area (Å²) in [6.45, 7) is 6.59. The largest absolute Gasteiger partial charge is 0.383 e. The van der Waals surface area contributed by atoms with Crippen LogP contribution in [0.5, 0.6) is 0 Å². The first kappa shape index (κ1) is 12.7. The van der Waals surface area contributed by atoms with Crippen molar-refractivity contribution in [1.82, 2.24) is 9.97 Å². The highest BCUT2D eigenvalue weighted by atomic mass is 16.5. The van der Waals surface area contributed by atoms with Gasteiger partial charge < -0.3 is 15.4 Å². The molecule has 5 nitrogen and oxygen atoms in total. The summed E-state index contributed by atoms with van der Waals surface area (Å²) in [5, 5.41) is 6.34. The number of nitrogens with one attached hydrogen (secondary N) is 2. The molecule has 0 bridgehead atoms. The molecule has 90 valence electrons. The third-order valence-corrected chi connectivity index (χ3v) is 1.94. The molecule has 0 aliphatic rings. The number of hydrogen-bond donors (Lipinski definition) is 2. The summed E-state index contributed by atoms with van der Waals surface area (Å²) in [7, 11) is 1.67. The van der Waals surface area contributed by atoms with E-state index in [9.17, 15) is 0 Å². The van der Waals surface area contributed by atoms with Gasteiger partial charge in [-0.2, -0.15) is 4.98 Å². The zero-order valence-electron chi connectivity index (χ0n) is 10.2. The van der Waals surface area contributed by atoms with Gasteiger partial charge in [-0.05, 0) is 12.0 Å². The van der Waals surface area contributed by atoms with Crippen molar-refractivity contribution in [3.8, 4) is 0 Å². The Labute approximate surface area is 96.6 Å². The average Bonchev–Trinajstić information content (AvgIpc) is 2.27. The Hall–Kier alpha value is -1.36. The predicted molar refractivity (Wildman–Crippen MR) is 65.7 cm³/mol. The van der Waals surface area contributed by atoms with Crippen LogP contribution in [-0.2, 0) is 4.74 Å². The molecular formula is C11H20N4O. The number of ether oxygens (including phenoxy) is 1. The summed E-state index contributed by atoms with van der Waals surface area (Å²) < 4.78 is 4.94. The third-order valence-electron chi connectivity index (χ3n) is 1.94. The van der Waals surface area contributed by atoms with Gasteiger partial charge in [0.25, 0.3) is 0 Å². The maximum atomic E-state index is 4.94. The summed E-state index contributed by atoms with van der Waals surface area (Å²) in [5.41, 5.74) is 0. The van der Waals surface area contributed by atoms with E-state index in [-0.39, 0.29) is 0 Å². The number of nitrogens with zero attached hydrogens (tertiary/aromatic N) is 2. The molecule has 0 fully saturated rings. The molecule has 16 heavy (non-hydrogen) atoms. The lowest BCUT2D eigenvalue weighted by Crippen LogP contribution is -2.13. The van der Waals surface area contributed by atoms with Crippen LogP contribution in [0.15, 0.2) is 12.3 Å². The molecule has 0 aliphatic carbocycles. The lowest BCUT2D eigenvalue weighted by atomic mass is 10.2. The molecule has 0 radical (unpaired) electrons. The van der Waals surface area contributed by atoms with Crippen LogP contribution >= 0.6 is 0 Å². The van der Waals surface area contributed by atoms with Crippen LogP contribution in [0.4, 0.5) is 11.8 Å². The Morgan fingerprint density at radius 1 is 1.38 bits per heavy atom. The minimum atomic E-state index is 0.597. The number of hydrogen-bond acceptors (Lipinski definition) is 5. The first-order chi connectivity index (χ1) is 7.72. The van der Waals surface area contributed by atoms with Crippen LogP contribution in [-0.4, -0.2) is 36.8 Å². The van der Waals surface area contributed by atoms with E-state index in [0.29, 0.717) is 25.0 Å². The smallest absolute Gasteiger partial charge is 0.224 e. The van der Waals surface area contributed by atoms with Crippen LogP contribution in [0.25, 0.3) is 0 Å². The van der Waals surface area contributed by atoms with Gasteiger partial charge in [0.1, 0.15) is 5.82 Å². The first-order valence-electron chi connectivity index (χ1n) is 5.52. The van der Waals surface area contributed by atoms with E-state index in [0.717, 1.165) is 12.4 Å². The quantitative estimate of drug-likeness (QED) is 0.689. The molecular weight excluding hydrogens is 204 g/mol. The molecule has 0 aromatic carbocycles. The normalized spacial score (nSPS) is 10.5. The van der Waals surface area contributed by atoms with Crippen LogP contribution in [0.1, 0.15) is 13.8 Å². The minimum Gasteiger partial charge on any atom is -0.383 e. The first-order valence-corrected chi connectivity index (χ1v) is 5.52. The Kier molecular flexibility index (Phi) is 5.56. The van der Waals surface area contributed by atoms with E-state index in [4.69, 9.17) is 4.74 Å². The van der Waals surface area contributed by atoms with E-state index in [1.807, 2.05) is 6.07 Å². The molecule has 0 unspecified atom stereocenters. The fraction of sp³-hybridized carbons (Fsp3) is 0.636. The summed E-state index contributed by atoms with van der Waals surface area (Å²) in [4.78, 5) is 8.45. The Morgan fingerprint density at radius 2 is 2.19 bits per heavy atom. The highest BCUT2D eigenvalue weighted by Crippen LogP contribution is 2.06. The maximum absolute atomic E-state index is 4.94. The molecule has 0 saturated heterocycles. The molecule has 1 rings (SSSR count). The molecule has 1 heterocycles. The molecule has 5 heteroatoms. The molecule has 1 aromatic heterocycles. The topological polar surface area (TPSA) is 59.1 Å². The van der Waals surface area contributed by atoms with Crippen molar-refractivity contribution < 1.29 is 4.74 Å². The zero-order chi connectivity index (χ0) is 11.8. The Balaban J connectivity index is 2.43. The van der Waals surface area contributed by atoms with Crippen molar-refractivity contribution >= 4 is 11.8 Å². The van der Waals surface area contributed by atoms with Gasteiger partial charge in [-0.3, -0.25) is 0 Å². The molecule has 1 aromatic rings. The summed E-state index contributed by atoms with van der Waals surface area (Å²) in [5.74, 6) is 2.08. The molecule has 0 saturated carbocycles. The molecule has 2 N–H and O–H groups in total. The standard InChI is InChI=1S/C11H20N4O/c1-9(2)8-14-10-4-5-12-11(15-10)13-6-7-16-3/h4-5,9H,6-8H2,1-3H3,(H2,12,13,14,15). The van der Waals surface area contributed by atoms with Gasteiger partial charge >= 0.3 is 0 Å². The van der Waals surface area contributed by atoms with Crippen molar-refractivity contribution in [3.05, 3.63) is 12.3 Å². The fourth-order valence-corrected chi connectivity index (χ4v) is 1.12. The molecule has 0 spiro atoms. The third kappa shape index (κ3) is 4.93. The zero-order valence-corrected chi connectivity index (χ0v) is 10.2. The van der Waals surface area contributed by atoms with Crippen LogP contribution in [0.2, 0.25) is 0 Å². The van der Waals surface area contributed by atoms with Gasteiger partial charge in [0.2, 0.25) is 5.95 Å². The molecule has 0 aliphatic heterocycles. The summed E-state index contributed by atoms with van der Waals surface area (Å²) >= 11 is 0. The van der Waals surface area contributed by atoms with Gasteiger partial charge in [-0.1, -0.05) is 13.8 Å². The maximum Gasteiger partial charge on any atom is 0.224 e. The lowest BCUT2D eigenvalue weighted by Gasteiger charge is -2.09. The molecule has 0 atom stereocenters. The van der Waals surface area contributed by atoms with Gasteiger partial charge in [0.15, 0.2) is 0 Å². The van der Waals surface area contributed by atoms with Crippen molar-refractivity contribution in [2.45, 2.75) is 13.8 Å². The van der Waals surface area contributed by atoms with Crippen LogP contribution < -0.4 is 10.6 Å². The number of methoxy groups -OCH3 is 1. The van der Waals surface area contributed by atoms with E-state index in [1.165, 1.54) is 0 Å². The molecule has 0 amide bonds. The van der Waals surface area contributed by atoms with Gasteiger partial charge in [0, 0.05) is 26.4 Å². The summed E-state index contributed by atoms with van der Waals surface area (Å²) in [6, 6.07) is 1.86. The van der Waals surface area contributed by atoms with E-state index in [1.54, 1.807) is 13.3 Å². The monoisotopic (exact) mass is 224 g/mol. The van der Waals surface area contributed by atoms with Crippen LogP contribution in [0, 0.1) is 5.92 Å². The van der Waals surface area contributed by atoms with Crippen molar-refractivity contribution in [2.24, 2.45) is 5.92 Å². The predicted octanol–water partition coefficient (Wildman–Crippen LogP) is 1.60. The second-order valence-corrected chi connectivity index (χ2v) is 3.96. The highest BCUT2D eigenvalue weighted by Gasteiger charge is 1.99. The minimum absolute atomic E-state index is 0.597. The number of anilines is 2. The summed E-state index contributed by atoms with van der Waals surface area (Å²) in [6.07, 6.45) is 1.74. The van der Waals surface area contributed by atoms with Gasteiger partial charge in [0.05, 0.1) is 6.61 Å².